The van der Waals surface area contributed by atoms with E-state index in [9.17, 15) is 14.1 Å². The van der Waals surface area contributed by atoms with Crippen LogP contribution in [-0.4, -0.2) is 34.8 Å². The van der Waals surface area contributed by atoms with Crippen LogP contribution in [0.25, 0.3) is 0 Å². The molecule has 19 heavy (non-hydrogen) atoms. The van der Waals surface area contributed by atoms with Crippen LogP contribution in [0, 0.1) is 0 Å². The average Bonchev–Trinajstić information content (AvgIpc) is 2.42. The standard InChI is InChI=1S/C14H20O4S/c1-4-10-6-7-12(14(15)16)11(5-2)13(10)19(17)9-8-18-3/h6-7H,4-5,8-9H2,1-3H3,(H,15,16)/t19-/m1/s1. The van der Waals surface area contributed by atoms with E-state index in [0.29, 0.717) is 29.2 Å². The predicted molar refractivity (Wildman–Crippen MR) is 75.3 cm³/mol. The molecule has 0 fully saturated rings. The first kappa shape index (κ1) is 15.9. The molecule has 4 nitrogen and oxygen atoms in total. The maximum Gasteiger partial charge on any atom is 0.336 e. The summed E-state index contributed by atoms with van der Waals surface area (Å²) < 4.78 is 17.3. The molecule has 0 spiro atoms. The number of methoxy groups -OCH3 is 1. The van der Waals surface area contributed by atoms with Crippen molar-refractivity contribution >= 4 is 16.8 Å². The van der Waals surface area contributed by atoms with Crippen molar-refractivity contribution in [2.24, 2.45) is 0 Å². The van der Waals surface area contributed by atoms with Crippen molar-refractivity contribution in [2.45, 2.75) is 31.6 Å². The molecule has 0 aliphatic heterocycles. The third kappa shape index (κ3) is 3.64. The van der Waals surface area contributed by atoms with Gasteiger partial charge in [-0.2, -0.15) is 0 Å². The Morgan fingerprint density at radius 1 is 1.32 bits per heavy atom. The third-order valence-corrected chi connectivity index (χ3v) is 4.51. The highest BCUT2D eigenvalue weighted by atomic mass is 32.2. The monoisotopic (exact) mass is 284 g/mol. The fourth-order valence-corrected chi connectivity index (χ4v) is 3.61. The Bertz CT molecular complexity index is 483. The summed E-state index contributed by atoms with van der Waals surface area (Å²) in [5.74, 6) is -0.580. The Morgan fingerprint density at radius 2 is 2.00 bits per heavy atom. The lowest BCUT2D eigenvalue weighted by atomic mass is 10.0. The molecule has 106 valence electrons. The van der Waals surface area contributed by atoms with Gasteiger partial charge in [0.05, 0.1) is 28.7 Å². The summed E-state index contributed by atoms with van der Waals surface area (Å²) in [5, 5.41) is 9.22. The van der Waals surface area contributed by atoms with Crippen LogP contribution in [-0.2, 0) is 28.4 Å². The van der Waals surface area contributed by atoms with Crippen LogP contribution < -0.4 is 0 Å². The van der Waals surface area contributed by atoms with Gasteiger partial charge in [-0.15, -0.1) is 0 Å². The zero-order valence-corrected chi connectivity index (χ0v) is 12.4. The van der Waals surface area contributed by atoms with Gasteiger partial charge in [0.2, 0.25) is 0 Å². The van der Waals surface area contributed by atoms with Gasteiger partial charge in [0.15, 0.2) is 0 Å². The molecule has 1 aromatic carbocycles. The van der Waals surface area contributed by atoms with E-state index in [-0.39, 0.29) is 5.56 Å². The number of carboxylic acids is 1. The molecule has 1 aromatic rings. The Hall–Kier alpha value is -1.20. The molecule has 0 aromatic heterocycles. The van der Waals surface area contributed by atoms with Gasteiger partial charge in [0.1, 0.15) is 0 Å². The van der Waals surface area contributed by atoms with E-state index in [1.807, 2.05) is 13.8 Å². The smallest absolute Gasteiger partial charge is 0.336 e. The molecule has 1 atom stereocenters. The minimum Gasteiger partial charge on any atom is -0.478 e. The van der Waals surface area contributed by atoms with E-state index >= 15 is 0 Å². The Morgan fingerprint density at radius 3 is 2.47 bits per heavy atom. The molecule has 0 radical (unpaired) electrons. The second-order valence-corrected chi connectivity index (χ2v) is 5.64. The van der Waals surface area contributed by atoms with E-state index in [2.05, 4.69) is 0 Å². The Labute approximate surface area is 116 Å². The molecule has 0 saturated heterocycles. The molecule has 0 aliphatic carbocycles. The van der Waals surface area contributed by atoms with E-state index in [0.717, 1.165) is 12.0 Å². The zero-order valence-electron chi connectivity index (χ0n) is 11.6. The number of rotatable bonds is 7. The number of carboxylic acid groups (broad SMARTS) is 1. The van der Waals surface area contributed by atoms with Crippen molar-refractivity contribution in [1.82, 2.24) is 0 Å². The minimum atomic E-state index is -1.22. The summed E-state index contributed by atoms with van der Waals surface area (Å²) in [6, 6.07) is 3.37. The van der Waals surface area contributed by atoms with E-state index in [1.165, 1.54) is 0 Å². The lowest BCUT2D eigenvalue weighted by molar-refractivity contribution is 0.0695. The van der Waals surface area contributed by atoms with Gasteiger partial charge in [-0.25, -0.2) is 4.79 Å². The van der Waals surface area contributed by atoms with E-state index < -0.39 is 16.8 Å². The maximum atomic E-state index is 12.4. The fourth-order valence-electron chi connectivity index (χ4n) is 2.05. The number of hydrogen-bond donors (Lipinski definition) is 1. The quantitative estimate of drug-likeness (QED) is 0.834. The van der Waals surface area contributed by atoms with Crippen LogP contribution >= 0.6 is 0 Å². The predicted octanol–water partition coefficient (Wildman–Crippen LogP) is 2.26. The highest BCUT2D eigenvalue weighted by molar-refractivity contribution is 7.85. The molecule has 0 bridgehead atoms. The second-order valence-electron chi connectivity index (χ2n) is 4.13. The third-order valence-electron chi connectivity index (χ3n) is 3.01. The van der Waals surface area contributed by atoms with Gasteiger partial charge in [0, 0.05) is 12.0 Å². The van der Waals surface area contributed by atoms with Crippen LogP contribution in [0.1, 0.15) is 35.3 Å². The van der Waals surface area contributed by atoms with Crippen LogP contribution in [0.2, 0.25) is 0 Å². The highest BCUT2D eigenvalue weighted by Gasteiger charge is 2.19. The topological polar surface area (TPSA) is 63.6 Å². The first-order valence-corrected chi connectivity index (χ1v) is 7.64. The molecular formula is C14H20O4S. The number of ether oxygens (including phenoxy) is 1. The number of benzene rings is 1. The molecule has 0 heterocycles. The van der Waals surface area contributed by atoms with Crippen molar-refractivity contribution in [1.29, 1.82) is 0 Å². The number of carbonyl (C=O) groups is 1. The van der Waals surface area contributed by atoms with Crippen molar-refractivity contribution < 1.29 is 18.8 Å². The Kier molecular flexibility index (Phi) is 6.18. The largest absolute Gasteiger partial charge is 0.478 e. The van der Waals surface area contributed by atoms with Crippen molar-refractivity contribution in [3.8, 4) is 0 Å². The molecule has 1 N–H and O–H groups in total. The van der Waals surface area contributed by atoms with Crippen LogP contribution in [0.15, 0.2) is 17.0 Å². The van der Waals surface area contributed by atoms with E-state index in [4.69, 9.17) is 4.74 Å². The average molecular weight is 284 g/mol. The van der Waals surface area contributed by atoms with Gasteiger partial charge in [-0.3, -0.25) is 4.21 Å². The number of aromatic carboxylic acids is 1. The van der Waals surface area contributed by atoms with Gasteiger partial charge in [-0.1, -0.05) is 19.9 Å². The fraction of sp³-hybridized carbons (Fsp3) is 0.500. The summed E-state index contributed by atoms with van der Waals surface area (Å²) in [5.41, 5.74) is 1.89. The van der Waals surface area contributed by atoms with E-state index in [1.54, 1.807) is 19.2 Å². The summed E-state index contributed by atoms with van der Waals surface area (Å²) in [6.45, 7) is 4.26. The number of hydrogen-bond acceptors (Lipinski definition) is 3. The van der Waals surface area contributed by atoms with Gasteiger partial charge < -0.3 is 9.84 Å². The number of aryl methyl sites for hydroxylation is 1. The first-order chi connectivity index (χ1) is 9.06. The lowest BCUT2D eigenvalue weighted by Gasteiger charge is -2.15. The molecular weight excluding hydrogens is 264 g/mol. The van der Waals surface area contributed by atoms with Crippen molar-refractivity contribution in [2.75, 3.05) is 19.5 Å². The second kappa shape index (κ2) is 7.40. The first-order valence-electron chi connectivity index (χ1n) is 6.32. The van der Waals surface area contributed by atoms with Gasteiger partial charge in [-0.05, 0) is 30.0 Å². The Balaban J connectivity index is 3.35. The summed E-state index contributed by atoms with van der Waals surface area (Å²) in [4.78, 5) is 11.9. The van der Waals surface area contributed by atoms with Crippen molar-refractivity contribution in [3.05, 3.63) is 28.8 Å². The SMILES string of the molecule is CCc1ccc(C(=O)O)c(CC)c1[S@](=O)CCOC. The van der Waals surface area contributed by atoms with Gasteiger partial charge in [0.25, 0.3) is 0 Å². The van der Waals surface area contributed by atoms with Crippen LogP contribution in [0.4, 0.5) is 0 Å². The molecule has 0 aliphatic rings. The summed E-state index contributed by atoms with van der Waals surface area (Å²) in [6.07, 6.45) is 1.30. The maximum absolute atomic E-state index is 12.4. The van der Waals surface area contributed by atoms with Crippen molar-refractivity contribution in [3.63, 3.8) is 0 Å². The molecule has 5 heteroatoms. The highest BCUT2D eigenvalue weighted by Crippen LogP contribution is 2.25. The molecule has 0 amide bonds. The lowest BCUT2D eigenvalue weighted by Crippen LogP contribution is -2.13. The van der Waals surface area contributed by atoms with Crippen LogP contribution in [0.5, 0.6) is 0 Å². The van der Waals surface area contributed by atoms with Gasteiger partial charge >= 0.3 is 5.97 Å². The van der Waals surface area contributed by atoms with Crippen LogP contribution in [0.3, 0.4) is 0 Å². The normalized spacial score (nSPS) is 12.4. The minimum absolute atomic E-state index is 0.250. The summed E-state index contributed by atoms with van der Waals surface area (Å²) in [7, 11) is 0.341. The molecule has 1 rings (SSSR count). The summed E-state index contributed by atoms with van der Waals surface area (Å²) >= 11 is 0. The molecule has 0 saturated carbocycles. The molecule has 0 unspecified atom stereocenters. The zero-order chi connectivity index (χ0) is 14.4.